The molecule has 0 N–H and O–H groups in total. The minimum atomic E-state index is 0.325. The van der Waals surface area contributed by atoms with Gasteiger partial charge in [0.2, 0.25) is 0 Å². The van der Waals surface area contributed by atoms with E-state index in [1.54, 1.807) is 7.11 Å². The van der Waals surface area contributed by atoms with Crippen molar-refractivity contribution in [1.82, 2.24) is 9.80 Å². The van der Waals surface area contributed by atoms with Crippen LogP contribution in [-0.2, 0) is 4.74 Å². The Balaban J connectivity index is 1.91. The van der Waals surface area contributed by atoms with E-state index in [0.29, 0.717) is 11.1 Å². The number of likely N-dealkylation sites (tertiary alicyclic amines) is 2. The zero-order valence-corrected chi connectivity index (χ0v) is 11.3. The highest BCUT2D eigenvalue weighted by Crippen LogP contribution is 2.40. The van der Waals surface area contributed by atoms with Crippen LogP contribution in [0.4, 0.5) is 0 Å². The lowest BCUT2D eigenvalue weighted by atomic mass is 9.83. The zero-order valence-electron chi connectivity index (χ0n) is 11.3. The fraction of sp³-hybridized carbons (Fsp3) is 1.00. The number of hydrogen-bond donors (Lipinski definition) is 0. The van der Waals surface area contributed by atoms with Crippen molar-refractivity contribution in [2.45, 2.75) is 44.7 Å². The summed E-state index contributed by atoms with van der Waals surface area (Å²) in [6.45, 7) is 12.7. The molecular weight excluding hydrogens is 200 g/mol. The highest BCUT2D eigenvalue weighted by molar-refractivity contribution is 5.07. The summed E-state index contributed by atoms with van der Waals surface area (Å²) < 4.78 is 5.19. The molecule has 0 aromatic heterocycles. The largest absolute Gasteiger partial charge is 0.383 e. The van der Waals surface area contributed by atoms with Gasteiger partial charge < -0.3 is 4.74 Å². The van der Waals surface area contributed by atoms with E-state index in [4.69, 9.17) is 4.74 Å². The highest BCUT2D eigenvalue weighted by Gasteiger charge is 2.50. The van der Waals surface area contributed by atoms with E-state index in [0.717, 1.165) is 13.2 Å². The maximum atomic E-state index is 5.19. The SMILES string of the molecule is COCCN1CCC12CCN(C(C)(C)C)C2. The van der Waals surface area contributed by atoms with Crippen molar-refractivity contribution in [2.75, 3.05) is 39.9 Å². The maximum absolute atomic E-state index is 5.19. The Morgan fingerprint density at radius 2 is 1.88 bits per heavy atom. The molecular formula is C13H26N2O. The highest BCUT2D eigenvalue weighted by atomic mass is 16.5. The van der Waals surface area contributed by atoms with E-state index in [2.05, 4.69) is 30.6 Å². The number of ether oxygens (including phenoxy) is 1. The predicted octanol–water partition coefficient (Wildman–Crippen LogP) is 1.58. The summed E-state index contributed by atoms with van der Waals surface area (Å²) in [6.07, 6.45) is 2.72. The van der Waals surface area contributed by atoms with Crippen LogP contribution in [0.5, 0.6) is 0 Å². The third kappa shape index (κ3) is 2.13. The van der Waals surface area contributed by atoms with Gasteiger partial charge in [0.15, 0.2) is 0 Å². The van der Waals surface area contributed by atoms with Crippen LogP contribution >= 0.6 is 0 Å². The van der Waals surface area contributed by atoms with Gasteiger partial charge in [-0.1, -0.05) is 0 Å². The van der Waals surface area contributed by atoms with Gasteiger partial charge in [-0.15, -0.1) is 0 Å². The fourth-order valence-corrected chi connectivity index (χ4v) is 3.03. The van der Waals surface area contributed by atoms with Crippen molar-refractivity contribution in [3.05, 3.63) is 0 Å². The Hall–Kier alpha value is -0.120. The summed E-state index contributed by atoms with van der Waals surface area (Å²) in [6, 6.07) is 0. The number of methoxy groups -OCH3 is 1. The van der Waals surface area contributed by atoms with Crippen molar-refractivity contribution in [2.24, 2.45) is 0 Å². The van der Waals surface area contributed by atoms with E-state index >= 15 is 0 Å². The molecule has 2 aliphatic heterocycles. The van der Waals surface area contributed by atoms with E-state index in [1.807, 2.05) is 0 Å². The van der Waals surface area contributed by atoms with E-state index < -0.39 is 0 Å². The molecule has 3 heteroatoms. The molecule has 2 aliphatic rings. The van der Waals surface area contributed by atoms with Crippen LogP contribution in [0.25, 0.3) is 0 Å². The molecule has 1 unspecified atom stereocenters. The van der Waals surface area contributed by atoms with Gasteiger partial charge in [0.25, 0.3) is 0 Å². The van der Waals surface area contributed by atoms with Crippen LogP contribution < -0.4 is 0 Å². The molecule has 2 heterocycles. The standard InChI is InChI=1S/C13H26N2O/c1-12(2,3)15-8-6-13(11-15)5-7-14(13)9-10-16-4/h5-11H2,1-4H3. The smallest absolute Gasteiger partial charge is 0.0589 e. The fourth-order valence-electron chi connectivity index (χ4n) is 3.03. The van der Waals surface area contributed by atoms with Gasteiger partial charge in [0.1, 0.15) is 0 Å². The van der Waals surface area contributed by atoms with Gasteiger partial charge in [0, 0.05) is 44.4 Å². The molecule has 0 saturated carbocycles. The molecule has 1 spiro atoms. The Labute approximate surface area is 99.7 Å². The lowest BCUT2D eigenvalue weighted by molar-refractivity contribution is -0.0277. The van der Waals surface area contributed by atoms with Gasteiger partial charge >= 0.3 is 0 Å². The number of hydrogen-bond acceptors (Lipinski definition) is 3. The first-order valence-corrected chi connectivity index (χ1v) is 6.47. The third-order valence-electron chi connectivity index (χ3n) is 4.36. The quantitative estimate of drug-likeness (QED) is 0.727. The molecule has 0 amide bonds. The molecule has 0 aromatic carbocycles. The first-order valence-electron chi connectivity index (χ1n) is 6.47. The normalized spacial score (nSPS) is 32.2. The summed E-state index contributed by atoms with van der Waals surface area (Å²) in [4.78, 5) is 5.26. The second-order valence-corrected chi connectivity index (χ2v) is 6.30. The van der Waals surface area contributed by atoms with Gasteiger partial charge in [-0.25, -0.2) is 0 Å². The Morgan fingerprint density at radius 3 is 2.31 bits per heavy atom. The molecule has 2 fully saturated rings. The second-order valence-electron chi connectivity index (χ2n) is 6.30. The van der Waals surface area contributed by atoms with Crippen LogP contribution in [0.2, 0.25) is 0 Å². The van der Waals surface area contributed by atoms with Crippen LogP contribution in [0.3, 0.4) is 0 Å². The lowest BCUT2D eigenvalue weighted by Crippen LogP contribution is -2.62. The van der Waals surface area contributed by atoms with E-state index in [1.165, 1.54) is 32.5 Å². The van der Waals surface area contributed by atoms with Crippen LogP contribution in [0, 0.1) is 0 Å². The molecule has 0 radical (unpaired) electrons. The summed E-state index contributed by atoms with van der Waals surface area (Å²) >= 11 is 0. The lowest BCUT2D eigenvalue weighted by Gasteiger charge is -2.51. The molecule has 0 aliphatic carbocycles. The topological polar surface area (TPSA) is 15.7 Å². The Bertz CT molecular complexity index is 249. The van der Waals surface area contributed by atoms with E-state index in [9.17, 15) is 0 Å². The number of rotatable bonds is 3. The zero-order chi connectivity index (χ0) is 11.8. The molecule has 94 valence electrons. The minimum absolute atomic E-state index is 0.325. The summed E-state index contributed by atoms with van der Waals surface area (Å²) in [5, 5.41) is 0. The first-order chi connectivity index (χ1) is 7.48. The first kappa shape index (κ1) is 12.3. The molecule has 0 bridgehead atoms. The third-order valence-corrected chi connectivity index (χ3v) is 4.36. The molecule has 2 rings (SSSR count). The van der Waals surface area contributed by atoms with Gasteiger partial charge in [0.05, 0.1) is 6.61 Å². The van der Waals surface area contributed by atoms with Crippen LogP contribution in [0.1, 0.15) is 33.6 Å². The maximum Gasteiger partial charge on any atom is 0.0589 e. The van der Waals surface area contributed by atoms with Crippen molar-refractivity contribution in [3.8, 4) is 0 Å². The van der Waals surface area contributed by atoms with Crippen LogP contribution in [-0.4, -0.2) is 60.8 Å². The summed E-state index contributed by atoms with van der Waals surface area (Å²) in [7, 11) is 1.79. The Morgan fingerprint density at radius 1 is 1.19 bits per heavy atom. The monoisotopic (exact) mass is 226 g/mol. The van der Waals surface area contributed by atoms with Gasteiger partial charge in [-0.05, 0) is 33.6 Å². The molecule has 1 atom stereocenters. The molecule has 2 saturated heterocycles. The second kappa shape index (κ2) is 4.28. The van der Waals surface area contributed by atoms with Crippen molar-refractivity contribution < 1.29 is 4.74 Å². The van der Waals surface area contributed by atoms with Crippen molar-refractivity contribution in [1.29, 1.82) is 0 Å². The minimum Gasteiger partial charge on any atom is -0.383 e. The van der Waals surface area contributed by atoms with Crippen LogP contribution in [0.15, 0.2) is 0 Å². The predicted molar refractivity (Wildman–Crippen MR) is 66.7 cm³/mol. The average molecular weight is 226 g/mol. The summed E-state index contributed by atoms with van der Waals surface area (Å²) in [5.74, 6) is 0. The molecule has 3 nitrogen and oxygen atoms in total. The van der Waals surface area contributed by atoms with Gasteiger partial charge in [-0.2, -0.15) is 0 Å². The average Bonchev–Trinajstić information content (AvgIpc) is 2.63. The summed E-state index contributed by atoms with van der Waals surface area (Å²) in [5.41, 5.74) is 0.817. The van der Waals surface area contributed by atoms with Crippen molar-refractivity contribution >= 4 is 0 Å². The number of nitrogens with zero attached hydrogens (tertiary/aromatic N) is 2. The molecule has 16 heavy (non-hydrogen) atoms. The Kier molecular flexibility index (Phi) is 3.30. The van der Waals surface area contributed by atoms with Crippen molar-refractivity contribution in [3.63, 3.8) is 0 Å². The van der Waals surface area contributed by atoms with E-state index in [-0.39, 0.29) is 0 Å². The van der Waals surface area contributed by atoms with Gasteiger partial charge in [-0.3, -0.25) is 9.80 Å². The molecule has 0 aromatic rings.